The van der Waals surface area contributed by atoms with E-state index in [1.165, 1.54) is 45.0 Å². The first-order valence-electron chi connectivity index (χ1n) is 25.2. The maximum absolute atomic E-state index is 14.8. The van der Waals surface area contributed by atoms with Crippen molar-refractivity contribution < 1.29 is 72.7 Å². The van der Waals surface area contributed by atoms with Gasteiger partial charge in [-0.1, -0.05) is 44.5 Å². The van der Waals surface area contributed by atoms with Gasteiger partial charge in [0, 0.05) is 26.4 Å². The molecule has 3 fully saturated rings. The standard InChI is InChI=1S/C51H71N9O15/c1-7-27(2)41-51(73)75-29(4)42(57-45(67)35(20-22-39(52)64)53-46(68)37-9-8-24-59(37)26-61)48(70)54-34(19-14-30-10-15-32(63)16-11-30)44(66)55-36-21-23-40(65)60(49(36)71)43(28(3)62)50(72)58(5)38(47(69)56-41)25-31-12-17-33(74-6)18-13-31/h10-13,15-18,26-29,34-38,40-43,62-63,65H,7-9,14,19-25H2,1-6H3,(H2,52,64)(H,53,68)(H,54,70)(H,55,66)(H,56,69)(H,57,67). The fourth-order valence-electron chi connectivity index (χ4n) is 9.36. The quantitative estimate of drug-likeness (QED) is 0.0636. The molecule has 12 atom stereocenters. The smallest absolute Gasteiger partial charge is 0.329 e. The second kappa shape index (κ2) is 26.7. The number of aromatic hydroxyl groups is 1. The average Bonchev–Trinajstić information content (AvgIpc) is 3.87. The molecule has 10 N–H and O–H groups in total. The molecular formula is C51H71N9O15. The van der Waals surface area contributed by atoms with Gasteiger partial charge < -0.3 is 71.8 Å². The number of hydrogen-bond acceptors (Lipinski definition) is 15. The van der Waals surface area contributed by atoms with Crippen molar-refractivity contribution in [2.75, 3.05) is 20.7 Å². The number of carbonyl (C=O) groups excluding carboxylic acids is 10. The molecule has 3 heterocycles. The number of nitrogens with zero attached hydrogens (tertiary/aromatic N) is 3. The van der Waals surface area contributed by atoms with E-state index < -0.39 is 132 Å². The summed E-state index contributed by atoms with van der Waals surface area (Å²) in [5.41, 5.74) is 6.57. The van der Waals surface area contributed by atoms with Crippen LogP contribution in [0.3, 0.4) is 0 Å². The van der Waals surface area contributed by atoms with Crippen LogP contribution in [0.15, 0.2) is 48.5 Å². The Balaban J connectivity index is 1.62. The topological polar surface area (TPSA) is 346 Å². The van der Waals surface area contributed by atoms with E-state index in [1.807, 2.05) is 0 Å². The van der Waals surface area contributed by atoms with Crippen LogP contribution in [0.2, 0.25) is 0 Å². The van der Waals surface area contributed by atoms with Gasteiger partial charge in [-0.2, -0.15) is 0 Å². The van der Waals surface area contributed by atoms with Crippen LogP contribution in [0.5, 0.6) is 11.5 Å². The highest BCUT2D eigenvalue weighted by molar-refractivity contribution is 5.99. The number of aryl methyl sites for hydroxylation is 1. The third-order valence-corrected chi connectivity index (χ3v) is 14.1. The van der Waals surface area contributed by atoms with Crippen LogP contribution in [0, 0.1) is 5.92 Å². The van der Waals surface area contributed by atoms with E-state index in [1.54, 1.807) is 50.2 Å². The highest BCUT2D eigenvalue weighted by Gasteiger charge is 2.47. The SMILES string of the molecule is CCC(C)C1NC(=O)C(Cc2ccc(OC)cc2)N(C)C(=O)C(C(C)O)N2C(=O)C(CCC2O)NC(=O)C(CCc2ccc(O)cc2)NC(=O)C(NC(=O)C(CCC(N)=O)NC(=O)C2CCCN2C=O)C(C)OC1=O. The van der Waals surface area contributed by atoms with Crippen molar-refractivity contribution in [1.29, 1.82) is 0 Å². The molecule has 3 aliphatic rings. The summed E-state index contributed by atoms with van der Waals surface area (Å²) < 4.78 is 11.2. The molecule has 0 spiro atoms. The fraction of sp³-hybridized carbons (Fsp3) is 0.569. The predicted molar refractivity (Wildman–Crippen MR) is 266 cm³/mol. The predicted octanol–water partition coefficient (Wildman–Crippen LogP) is -1.60. The minimum Gasteiger partial charge on any atom is -0.508 e. The number of methoxy groups -OCH3 is 1. The van der Waals surface area contributed by atoms with Crippen molar-refractivity contribution in [1.82, 2.24) is 41.3 Å². The lowest BCUT2D eigenvalue weighted by molar-refractivity contribution is -0.170. The first kappa shape index (κ1) is 58.5. The summed E-state index contributed by atoms with van der Waals surface area (Å²) in [7, 11) is 2.73. The summed E-state index contributed by atoms with van der Waals surface area (Å²) in [4.78, 5) is 143. The molecule has 12 unspecified atom stereocenters. The minimum atomic E-state index is -1.88. The number of nitrogens with one attached hydrogen (secondary N) is 5. The largest absolute Gasteiger partial charge is 0.508 e. The maximum Gasteiger partial charge on any atom is 0.329 e. The van der Waals surface area contributed by atoms with Gasteiger partial charge in [-0.25, -0.2) is 4.79 Å². The molecule has 0 aromatic heterocycles. The van der Waals surface area contributed by atoms with Crippen molar-refractivity contribution in [2.24, 2.45) is 11.7 Å². The van der Waals surface area contributed by atoms with Crippen molar-refractivity contribution in [3.8, 4) is 11.5 Å². The molecule has 24 heteroatoms. The summed E-state index contributed by atoms with van der Waals surface area (Å²) in [6.07, 6.45) is -4.79. The number of phenols is 1. The van der Waals surface area contributed by atoms with E-state index in [2.05, 4.69) is 26.6 Å². The number of hydrogen-bond donors (Lipinski definition) is 9. The second-order valence-corrected chi connectivity index (χ2v) is 19.4. The highest BCUT2D eigenvalue weighted by atomic mass is 16.5. The Labute approximate surface area is 434 Å². The number of likely N-dealkylation sites (tertiary alicyclic amines) is 1. The summed E-state index contributed by atoms with van der Waals surface area (Å²) in [6.45, 7) is 6.12. The molecule has 2 aromatic rings. The second-order valence-electron chi connectivity index (χ2n) is 19.4. The molecule has 9 amide bonds. The zero-order valence-corrected chi connectivity index (χ0v) is 43.1. The van der Waals surface area contributed by atoms with E-state index in [-0.39, 0.29) is 63.7 Å². The van der Waals surface area contributed by atoms with E-state index in [9.17, 15) is 63.3 Å². The van der Waals surface area contributed by atoms with Crippen LogP contribution in [0.25, 0.3) is 0 Å². The Bertz CT molecular complexity index is 2390. The summed E-state index contributed by atoms with van der Waals surface area (Å²) in [6, 6.07) is 0.423. The fourth-order valence-corrected chi connectivity index (χ4v) is 9.36. The molecule has 5 rings (SSSR count). The Hall–Kier alpha value is -7.34. The summed E-state index contributed by atoms with van der Waals surface area (Å²) >= 11 is 0. The number of primary amides is 1. The number of cyclic esters (lactones) is 1. The van der Waals surface area contributed by atoms with Crippen molar-refractivity contribution in [3.63, 3.8) is 0 Å². The molecule has 0 aliphatic carbocycles. The lowest BCUT2D eigenvalue weighted by Gasteiger charge is -2.43. The molecule has 0 radical (unpaired) electrons. The van der Waals surface area contributed by atoms with E-state index >= 15 is 0 Å². The molecule has 2 aromatic carbocycles. The van der Waals surface area contributed by atoms with E-state index in [0.29, 0.717) is 29.7 Å². The lowest BCUT2D eigenvalue weighted by atomic mass is 9.96. The number of amides is 9. The first-order chi connectivity index (χ1) is 35.6. The minimum absolute atomic E-state index is 0.0425. The normalized spacial score (nSPS) is 26.5. The van der Waals surface area contributed by atoms with E-state index in [4.69, 9.17) is 15.2 Å². The number of phenolic OH excluding ortho intramolecular Hbond substituents is 1. The number of benzene rings is 2. The van der Waals surface area contributed by atoms with Gasteiger partial charge >= 0.3 is 5.97 Å². The van der Waals surface area contributed by atoms with Gasteiger partial charge in [0.2, 0.25) is 53.7 Å². The molecule has 3 aliphatic heterocycles. The van der Waals surface area contributed by atoms with Crippen LogP contribution < -0.4 is 37.1 Å². The maximum atomic E-state index is 14.8. The molecule has 2 bridgehead atoms. The van der Waals surface area contributed by atoms with Crippen molar-refractivity contribution in [2.45, 2.75) is 159 Å². The highest BCUT2D eigenvalue weighted by Crippen LogP contribution is 2.26. The van der Waals surface area contributed by atoms with Crippen molar-refractivity contribution >= 4 is 59.6 Å². The zero-order chi connectivity index (χ0) is 55.3. The summed E-state index contributed by atoms with van der Waals surface area (Å²) in [5.74, 6) is -8.79. The zero-order valence-electron chi connectivity index (χ0n) is 43.1. The number of carbonyl (C=O) groups is 10. The van der Waals surface area contributed by atoms with Gasteiger partial charge in [0.25, 0.3) is 0 Å². The van der Waals surface area contributed by atoms with Gasteiger partial charge in [-0.3, -0.25) is 43.2 Å². The van der Waals surface area contributed by atoms with E-state index in [0.717, 1.165) is 9.80 Å². The number of nitrogens with two attached hydrogens (primary N) is 1. The third kappa shape index (κ3) is 15.1. The Morgan fingerprint density at radius 3 is 2.20 bits per heavy atom. The van der Waals surface area contributed by atoms with Crippen LogP contribution in [0.4, 0.5) is 0 Å². The number of fused-ring (bicyclic) bond motifs is 2. The number of aliphatic hydroxyl groups is 2. The first-order valence-corrected chi connectivity index (χ1v) is 25.2. The molecule has 0 saturated carbocycles. The monoisotopic (exact) mass is 1050 g/mol. The third-order valence-electron chi connectivity index (χ3n) is 14.1. The van der Waals surface area contributed by atoms with Gasteiger partial charge in [0.1, 0.15) is 72.2 Å². The Morgan fingerprint density at radius 2 is 1.59 bits per heavy atom. The number of likely N-dealkylation sites (N-methyl/N-ethyl adjacent to an activating group) is 1. The molecule has 75 heavy (non-hydrogen) atoms. The molecule has 3 saturated heterocycles. The summed E-state index contributed by atoms with van der Waals surface area (Å²) in [5, 5.41) is 45.6. The van der Waals surface area contributed by atoms with Crippen LogP contribution in [0.1, 0.15) is 90.2 Å². The van der Waals surface area contributed by atoms with Crippen molar-refractivity contribution in [3.05, 3.63) is 59.7 Å². The van der Waals surface area contributed by atoms with Crippen LogP contribution in [-0.2, 0) is 65.5 Å². The molecular weight excluding hydrogens is 979 g/mol. The number of ether oxygens (including phenoxy) is 2. The van der Waals surface area contributed by atoms with Gasteiger partial charge in [0.05, 0.1) is 13.2 Å². The Morgan fingerprint density at radius 1 is 0.920 bits per heavy atom. The number of esters is 1. The Kier molecular flexibility index (Phi) is 20.9. The van der Waals surface area contributed by atoms with Gasteiger partial charge in [-0.05, 0) is 100 Å². The number of piperidine rings is 1. The van der Waals surface area contributed by atoms with Crippen LogP contribution in [-0.4, -0.2) is 177 Å². The van der Waals surface area contributed by atoms with Gasteiger partial charge in [0.15, 0.2) is 0 Å². The number of rotatable bonds is 17. The molecule has 24 nitrogen and oxygen atoms in total. The van der Waals surface area contributed by atoms with Gasteiger partial charge in [-0.15, -0.1) is 0 Å². The average molecular weight is 1050 g/mol. The number of aliphatic hydroxyl groups excluding tert-OH is 2. The lowest BCUT2D eigenvalue weighted by Crippen LogP contribution is -2.67. The van der Waals surface area contributed by atoms with Crippen LogP contribution >= 0.6 is 0 Å². The molecule has 410 valence electrons.